The van der Waals surface area contributed by atoms with Gasteiger partial charge in [0.05, 0.1) is 18.0 Å². The Bertz CT molecular complexity index is 1330. The van der Waals surface area contributed by atoms with Crippen LogP contribution in [0, 0.1) is 0 Å². The Labute approximate surface area is 193 Å². The average Bonchev–Trinajstić information content (AvgIpc) is 3.57. The zero-order valence-electron chi connectivity index (χ0n) is 16.9. The van der Waals surface area contributed by atoms with Crippen LogP contribution in [-0.4, -0.2) is 16.7 Å². The van der Waals surface area contributed by atoms with E-state index in [1.54, 1.807) is 7.11 Å². The van der Waals surface area contributed by atoms with Crippen molar-refractivity contribution in [3.05, 3.63) is 104 Å². The molecule has 0 aliphatic heterocycles. The first-order valence-corrected chi connectivity index (χ1v) is 11.3. The molecule has 4 aromatic rings. The number of aromatic nitrogens is 2. The van der Waals surface area contributed by atoms with Crippen molar-refractivity contribution in [3.63, 3.8) is 0 Å². The van der Waals surface area contributed by atoms with Crippen molar-refractivity contribution >= 4 is 38.4 Å². The lowest BCUT2D eigenvalue weighted by Gasteiger charge is -2.17. The number of fused-ring (bicyclic) bond motifs is 1. The largest absolute Gasteiger partial charge is 0.497 e. The molecule has 0 amide bonds. The zero-order chi connectivity index (χ0) is 21.5. The van der Waals surface area contributed by atoms with E-state index in [0.29, 0.717) is 17.8 Å². The summed E-state index contributed by atoms with van der Waals surface area (Å²) in [5.41, 5.74) is 3.02. The van der Waals surface area contributed by atoms with Crippen LogP contribution in [-0.2, 0) is 6.54 Å². The third-order valence-corrected chi connectivity index (χ3v) is 6.60. The molecular weight excluding hydrogens is 476 g/mol. The van der Waals surface area contributed by atoms with E-state index in [1.807, 2.05) is 60.7 Å². The van der Waals surface area contributed by atoms with Gasteiger partial charge < -0.3 is 9.30 Å². The van der Waals surface area contributed by atoms with Gasteiger partial charge >= 0.3 is 0 Å². The van der Waals surface area contributed by atoms with Crippen molar-refractivity contribution in [3.8, 4) is 5.75 Å². The van der Waals surface area contributed by atoms with Crippen LogP contribution < -0.4 is 10.3 Å². The minimum Gasteiger partial charge on any atom is -0.497 e. The monoisotopic (exact) mass is 494 g/mol. The van der Waals surface area contributed by atoms with E-state index >= 15 is 0 Å². The maximum atomic E-state index is 12.9. The maximum Gasteiger partial charge on any atom is 0.280 e. The molecule has 31 heavy (non-hydrogen) atoms. The van der Waals surface area contributed by atoms with Crippen LogP contribution in [0.15, 0.2) is 76.0 Å². The van der Waals surface area contributed by atoms with Gasteiger partial charge in [0.15, 0.2) is 0 Å². The summed E-state index contributed by atoms with van der Waals surface area (Å²) >= 11 is 9.77. The number of halogens is 2. The van der Waals surface area contributed by atoms with Crippen LogP contribution >= 0.6 is 27.5 Å². The van der Waals surface area contributed by atoms with Crippen molar-refractivity contribution in [2.45, 2.75) is 24.8 Å². The van der Waals surface area contributed by atoms with Gasteiger partial charge in [0.25, 0.3) is 5.56 Å². The van der Waals surface area contributed by atoms with Gasteiger partial charge in [0, 0.05) is 22.0 Å². The van der Waals surface area contributed by atoms with Gasteiger partial charge in [-0.25, -0.2) is 0 Å². The SMILES string of the molecule is COc1ccc(Cn2c([C@H]3C[C@@H]3c3cccc(Cl)c3)nc(=O)c3ccc(Br)cc32)cc1. The first-order chi connectivity index (χ1) is 15.0. The smallest absolute Gasteiger partial charge is 0.280 e. The molecule has 1 aromatic heterocycles. The Morgan fingerprint density at radius 1 is 1.10 bits per heavy atom. The molecule has 1 heterocycles. The molecule has 1 saturated carbocycles. The van der Waals surface area contributed by atoms with Crippen LogP contribution in [0.2, 0.25) is 5.02 Å². The Morgan fingerprint density at radius 2 is 1.90 bits per heavy atom. The molecule has 0 saturated heterocycles. The number of hydrogen-bond acceptors (Lipinski definition) is 3. The number of methoxy groups -OCH3 is 1. The van der Waals surface area contributed by atoms with Crippen molar-refractivity contribution in [2.24, 2.45) is 0 Å². The van der Waals surface area contributed by atoms with E-state index in [0.717, 1.165) is 38.6 Å². The van der Waals surface area contributed by atoms with E-state index in [1.165, 1.54) is 5.56 Å². The van der Waals surface area contributed by atoms with Crippen molar-refractivity contribution in [2.75, 3.05) is 7.11 Å². The summed E-state index contributed by atoms with van der Waals surface area (Å²) in [6.07, 6.45) is 0.953. The predicted molar refractivity (Wildman–Crippen MR) is 127 cm³/mol. The molecule has 2 atom stereocenters. The van der Waals surface area contributed by atoms with Gasteiger partial charge in [-0.1, -0.05) is 51.8 Å². The molecule has 156 valence electrons. The van der Waals surface area contributed by atoms with Gasteiger partial charge in [-0.05, 0) is 65.9 Å². The third kappa shape index (κ3) is 4.00. The molecule has 1 aliphatic carbocycles. The number of hydrogen-bond donors (Lipinski definition) is 0. The van der Waals surface area contributed by atoms with Gasteiger partial charge in [-0.15, -0.1) is 0 Å². The highest BCUT2D eigenvalue weighted by Crippen LogP contribution is 2.54. The van der Waals surface area contributed by atoms with Crippen molar-refractivity contribution in [1.82, 2.24) is 9.55 Å². The van der Waals surface area contributed by atoms with E-state index in [4.69, 9.17) is 16.3 Å². The van der Waals surface area contributed by atoms with Crippen LogP contribution in [0.1, 0.15) is 35.2 Å². The molecule has 1 aliphatic rings. The summed E-state index contributed by atoms with van der Waals surface area (Å²) in [4.78, 5) is 17.4. The van der Waals surface area contributed by atoms with Crippen LogP contribution in [0.5, 0.6) is 5.75 Å². The summed E-state index contributed by atoms with van der Waals surface area (Å²) in [5, 5.41) is 1.36. The highest BCUT2D eigenvalue weighted by Gasteiger charge is 2.42. The molecule has 0 bridgehead atoms. The second-order valence-corrected chi connectivity index (χ2v) is 9.23. The van der Waals surface area contributed by atoms with Crippen molar-refractivity contribution < 1.29 is 4.74 Å². The fraction of sp³-hybridized carbons (Fsp3) is 0.200. The first-order valence-electron chi connectivity index (χ1n) is 10.1. The maximum absolute atomic E-state index is 12.9. The Kier molecular flexibility index (Phi) is 5.32. The fourth-order valence-corrected chi connectivity index (χ4v) is 4.75. The summed E-state index contributed by atoms with van der Waals surface area (Å²) in [7, 11) is 1.66. The number of rotatable bonds is 5. The standard InChI is InChI=1S/C25H20BrClN2O2/c1-31-19-8-5-15(6-9-19)14-29-23-12-17(26)7-10-20(23)25(30)28-24(29)22-13-21(22)16-3-2-4-18(27)11-16/h2-12,21-22H,13-14H2,1H3/t21-,22+/m1/s1. The van der Waals surface area contributed by atoms with Gasteiger partial charge in [-0.2, -0.15) is 4.98 Å². The molecule has 0 N–H and O–H groups in total. The Hall–Kier alpha value is -2.63. The summed E-state index contributed by atoms with van der Waals surface area (Å²) < 4.78 is 8.40. The van der Waals surface area contributed by atoms with E-state index in [-0.39, 0.29) is 11.5 Å². The molecule has 4 nitrogen and oxygen atoms in total. The molecule has 0 radical (unpaired) electrons. The molecule has 0 spiro atoms. The molecule has 0 unspecified atom stereocenters. The third-order valence-electron chi connectivity index (χ3n) is 5.87. The van der Waals surface area contributed by atoms with Crippen molar-refractivity contribution in [1.29, 1.82) is 0 Å². The second kappa shape index (κ2) is 8.13. The first kappa shape index (κ1) is 20.3. The molecule has 5 rings (SSSR count). The van der Waals surface area contributed by atoms with E-state index in [2.05, 4.69) is 31.5 Å². The minimum atomic E-state index is -0.180. The van der Waals surface area contributed by atoms with Gasteiger partial charge in [0.1, 0.15) is 11.6 Å². The van der Waals surface area contributed by atoms with Gasteiger partial charge in [0.2, 0.25) is 0 Å². The van der Waals surface area contributed by atoms with Crippen LogP contribution in [0.3, 0.4) is 0 Å². The molecule has 1 fully saturated rings. The average molecular weight is 496 g/mol. The van der Waals surface area contributed by atoms with Crippen LogP contribution in [0.4, 0.5) is 0 Å². The lowest BCUT2D eigenvalue weighted by molar-refractivity contribution is 0.414. The lowest BCUT2D eigenvalue weighted by Crippen LogP contribution is -2.19. The predicted octanol–water partition coefficient (Wildman–Crippen LogP) is 6.14. The highest BCUT2D eigenvalue weighted by atomic mass is 79.9. The molecular formula is C25H20BrClN2O2. The summed E-state index contributed by atoms with van der Waals surface area (Å²) in [5.74, 6) is 2.15. The Balaban J connectivity index is 1.61. The van der Waals surface area contributed by atoms with Gasteiger partial charge in [-0.3, -0.25) is 4.79 Å². The summed E-state index contributed by atoms with van der Waals surface area (Å²) in [6, 6.07) is 21.7. The fourth-order valence-electron chi connectivity index (χ4n) is 4.21. The Morgan fingerprint density at radius 3 is 2.65 bits per heavy atom. The number of ether oxygens (including phenoxy) is 1. The molecule has 6 heteroatoms. The normalized spacial score (nSPS) is 17.6. The lowest BCUT2D eigenvalue weighted by atomic mass is 10.1. The minimum absolute atomic E-state index is 0.180. The number of benzene rings is 3. The summed E-state index contributed by atoms with van der Waals surface area (Å²) in [6.45, 7) is 0.623. The topological polar surface area (TPSA) is 44.1 Å². The number of nitrogens with zero attached hydrogens (tertiary/aromatic N) is 2. The quantitative estimate of drug-likeness (QED) is 0.334. The highest BCUT2D eigenvalue weighted by molar-refractivity contribution is 9.10. The van der Waals surface area contributed by atoms with Crippen LogP contribution in [0.25, 0.3) is 10.9 Å². The molecule has 3 aromatic carbocycles. The second-order valence-electron chi connectivity index (χ2n) is 7.87. The zero-order valence-corrected chi connectivity index (χ0v) is 19.2. The van der Waals surface area contributed by atoms with E-state index in [9.17, 15) is 4.79 Å². The van der Waals surface area contributed by atoms with E-state index < -0.39 is 0 Å².